The second kappa shape index (κ2) is 6.83. The second-order valence-corrected chi connectivity index (χ2v) is 5.81. The Balaban J connectivity index is 2.19. The van der Waals surface area contributed by atoms with Crippen LogP contribution in [0.15, 0.2) is 36.4 Å². The summed E-state index contributed by atoms with van der Waals surface area (Å²) >= 11 is 5.23. The summed E-state index contributed by atoms with van der Waals surface area (Å²) in [5.41, 5.74) is 3.23. The van der Waals surface area contributed by atoms with Crippen LogP contribution < -0.4 is 10.6 Å². The van der Waals surface area contributed by atoms with Crippen molar-refractivity contribution in [3.05, 3.63) is 59.2 Å². The largest absolute Gasteiger partial charge is 0.332 e. The number of rotatable bonds is 3. The summed E-state index contributed by atoms with van der Waals surface area (Å²) in [7, 11) is 0. The number of nitrogens with one attached hydrogen (secondary N) is 2. The van der Waals surface area contributed by atoms with E-state index >= 15 is 0 Å². The van der Waals surface area contributed by atoms with E-state index in [1.807, 2.05) is 25.1 Å². The van der Waals surface area contributed by atoms with E-state index in [2.05, 4.69) is 24.5 Å². The van der Waals surface area contributed by atoms with Crippen LogP contribution in [0, 0.1) is 18.6 Å². The summed E-state index contributed by atoms with van der Waals surface area (Å²) in [6, 6.07) is 9.32. The normalized spacial score (nSPS) is 10.6. The van der Waals surface area contributed by atoms with Gasteiger partial charge in [-0.15, -0.1) is 0 Å². The van der Waals surface area contributed by atoms with Gasteiger partial charge in [0.2, 0.25) is 0 Å². The van der Waals surface area contributed by atoms with Crippen molar-refractivity contribution < 1.29 is 8.78 Å². The van der Waals surface area contributed by atoms with Crippen molar-refractivity contribution in [1.29, 1.82) is 0 Å². The fourth-order valence-electron chi connectivity index (χ4n) is 2.20. The van der Waals surface area contributed by atoms with Gasteiger partial charge in [-0.3, -0.25) is 0 Å². The molecule has 0 saturated heterocycles. The Morgan fingerprint density at radius 3 is 2.45 bits per heavy atom. The zero-order valence-corrected chi connectivity index (χ0v) is 13.5. The van der Waals surface area contributed by atoms with E-state index in [0.717, 1.165) is 22.9 Å². The van der Waals surface area contributed by atoms with Crippen LogP contribution in [0.1, 0.15) is 30.9 Å². The Hall–Kier alpha value is -2.01. The molecule has 5 heteroatoms. The molecule has 0 radical (unpaired) electrons. The Kier molecular flexibility index (Phi) is 5.08. The highest BCUT2D eigenvalue weighted by atomic mass is 32.1. The van der Waals surface area contributed by atoms with Gasteiger partial charge >= 0.3 is 0 Å². The number of aryl methyl sites for hydroxylation is 1. The molecule has 0 fully saturated rings. The van der Waals surface area contributed by atoms with Gasteiger partial charge in [0, 0.05) is 11.8 Å². The third kappa shape index (κ3) is 3.80. The van der Waals surface area contributed by atoms with Crippen molar-refractivity contribution in [3.8, 4) is 0 Å². The van der Waals surface area contributed by atoms with Gasteiger partial charge in [-0.05, 0) is 48.3 Å². The van der Waals surface area contributed by atoms with Crippen LogP contribution in [0.2, 0.25) is 0 Å². The van der Waals surface area contributed by atoms with Gasteiger partial charge in [-0.25, -0.2) is 8.78 Å². The van der Waals surface area contributed by atoms with Crippen LogP contribution in [0.3, 0.4) is 0 Å². The maximum absolute atomic E-state index is 13.6. The highest BCUT2D eigenvalue weighted by Crippen LogP contribution is 2.27. The molecule has 0 heterocycles. The first-order valence-corrected chi connectivity index (χ1v) is 7.42. The molecule has 2 N–H and O–H groups in total. The maximum Gasteiger partial charge on any atom is 0.175 e. The Morgan fingerprint density at radius 1 is 1.09 bits per heavy atom. The second-order valence-electron chi connectivity index (χ2n) is 5.40. The first-order chi connectivity index (χ1) is 10.4. The van der Waals surface area contributed by atoms with Gasteiger partial charge in [0.05, 0.1) is 5.69 Å². The lowest BCUT2D eigenvalue weighted by atomic mass is 9.98. The predicted molar refractivity (Wildman–Crippen MR) is 91.5 cm³/mol. The summed E-state index contributed by atoms with van der Waals surface area (Å²) in [5.74, 6) is -0.978. The summed E-state index contributed by atoms with van der Waals surface area (Å²) in [5, 5.41) is 6.13. The minimum absolute atomic E-state index is 0.138. The van der Waals surface area contributed by atoms with Crippen LogP contribution in [-0.2, 0) is 0 Å². The average Bonchev–Trinajstić information content (AvgIpc) is 2.44. The van der Waals surface area contributed by atoms with Crippen molar-refractivity contribution in [3.63, 3.8) is 0 Å². The van der Waals surface area contributed by atoms with Crippen molar-refractivity contribution in [2.45, 2.75) is 26.7 Å². The quantitative estimate of drug-likeness (QED) is 0.760. The molecular formula is C17H18F2N2S. The standard InChI is InChI=1S/C17H18F2N2S/c1-10(2)13-6-4-5-11(3)16(13)21-17(22)20-15-8-7-12(18)9-14(15)19/h4-10H,1-3H3,(H2,20,21,22). The zero-order chi connectivity index (χ0) is 16.3. The van der Waals surface area contributed by atoms with E-state index in [1.165, 1.54) is 12.1 Å². The molecule has 0 aromatic heterocycles. The lowest BCUT2D eigenvalue weighted by Crippen LogP contribution is -2.21. The SMILES string of the molecule is Cc1cccc(C(C)C)c1NC(=S)Nc1ccc(F)cc1F. The molecule has 0 saturated carbocycles. The number of halogens is 2. The van der Waals surface area contributed by atoms with E-state index in [9.17, 15) is 8.78 Å². The molecule has 2 aromatic rings. The number of anilines is 2. The Labute approximate surface area is 134 Å². The smallest absolute Gasteiger partial charge is 0.175 e. The van der Waals surface area contributed by atoms with Gasteiger partial charge in [0.25, 0.3) is 0 Å². The summed E-state index contributed by atoms with van der Waals surface area (Å²) in [6.07, 6.45) is 0. The molecule has 0 aliphatic carbocycles. The van der Waals surface area contributed by atoms with Crippen LogP contribution >= 0.6 is 12.2 Å². The van der Waals surface area contributed by atoms with Crippen molar-refractivity contribution in [2.24, 2.45) is 0 Å². The number of benzene rings is 2. The van der Waals surface area contributed by atoms with Crippen LogP contribution in [-0.4, -0.2) is 5.11 Å². The molecule has 0 aliphatic rings. The molecule has 0 spiro atoms. The minimum Gasteiger partial charge on any atom is -0.332 e. The maximum atomic E-state index is 13.6. The van der Waals surface area contributed by atoms with Crippen molar-refractivity contribution in [2.75, 3.05) is 10.6 Å². The Morgan fingerprint density at radius 2 is 1.82 bits per heavy atom. The van der Waals surface area contributed by atoms with E-state index < -0.39 is 11.6 Å². The molecule has 2 rings (SSSR count). The molecule has 0 aliphatic heterocycles. The fourth-order valence-corrected chi connectivity index (χ4v) is 2.41. The van der Waals surface area contributed by atoms with E-state index in [1.54, 1.807) is 0 Å². The third-order valence-corrected chi connectivity index (χ3v) is 3.55. The van der Waals surface area contributed by atoms with Crippen LogP contribution in [0.5, 0.6) is 0 Å². The van der Waals surface area contributed by atoms with Crippen LogP contribution in [0.25, 0.3) is 0 Å². The molecule has 2 nitrogen and oxygen atoms in total. The van der Waals surface area contributed by atoms with E-state index in [4.69, 9.17) is 12.2 Å². The lowest BCUT2D eigenvalue weighted by Gasteiger charge is -2.18. The first kappa shape index (κ1) is 16.4. The number of hydrogen-bond donors (Lipinski definition) is 2. The fraction of sp³-hybridized carbons (Fsp3) is 0.235. The van der Waals surface area contributed by atoms with Crippen LogP contribution in [0.4, 0.5) is 20.2 Å². The molecule has 2 aromatic carbocycles. The lowest BCUT2D eigenvalue weighted by molar-refractivity contribution is 0.586. The number of para-hydroxylation sites is 1. The molecule has 0 unspecified atom stereocenters. The molecule has 0 atom stereocenters. The van der Waals surface area contributed by atoms with Gasteiger partial charge in [0.1, 0.15) is 11.6 Å². The molecule has 0 amide bonds. The number of thiocarbonyl (C=S) groups is 1. The van der Waals surface area contributed by atoms with Gasteiger partial charge in [-0.2, -0.15) is 0 Å². The average molecular weight is 320 g/mol. The topological polar surface area (TPSA) is 24.1 Å². The highest BCUT2D eigenvalue weighted by Gasteiger charge is 2.11. The van der Waals surface area contributed by atoms with Crippen molar-refractivity contribution >= 4 is 28.7 Å². The molecule has 116 valence electrons. The van der Waals surface area contributed by atoms with E-state index in [-0.39, 0.29) is 10.8 Å². The highest BCUT2D eigenvalue weighted by molar-refractivity contribution is 7.80. The summed E-state index contributed by atoms with van der Waals surface area (Å²) in [4.78, 5) is 0. The molecule has 0 bridgehead atoms. The van der Waals surface area contributed by atoms with Gasteiger partial charge < -0.3 is 10.6 Å². The summed E-state index contributed by atoms with van der Waals surface area (Å²) in [6.45, 7) is 6.17. The molecular weight excluding hydrogens is 302 g/mol. The monoisotopic (exact) mass is 320 g/mol. The zero-order valence-electron chi connectivity index (χ0n) is 12.7. The summed E-state index contributed by atoms with van der Waals surface area (Å²) < 4.78 is 26.6. The predicted octanol–water partition coefficient (Wildman–Crippen LogP) is 5.21. The Bertz CT molecular complexity index is 699. The minimum atomic E-state index is -0.682. The molecule has 22 heavy (non-hydrogen) atoms. The number of hydrogen-bond acceptors (Lipinski definition) is 1. The van der Waals surface area contributed by atoms with Gasteiger partial charge in [-0.1, -0.05) is 32.0 Å². The van der Waals surface area contributed by atoms with Crippen molar-refractivity contribution in [1.82, 2.24) is 0 Å². The third-order valence-electron chi connectivity index (χ3n) is 3.34. The van der Waals surface area contributed by atoms with E-state index in [0.29, 0.717) is 5.92 Å². The first-order valence-electron chi connectivity index (χ1n) is 7.01. The van der Waals surface area contributed by atoms with Gasteiger partial charge in [0.15, 0.2) is 5.11 Å².